The zero-order valence-corrected chi connectivity index (χ0v) is 54.8. The van der Waals surface area contributed by atoms with E-state index in [0.717, 1.165) is 71.1 Å². The first kappa shape index (κ1) is 72.0. The quantitative estimate of drug-likeness (QED) is 0.0859. The number of benzene rings is 3. The summed E-state index contributed by atoms with van der Waals surface area (Å²) in [5.41, 5.74) is 25.7. The molecule has 0 unspecified atom stereocenters. The first-order valence-corrected chi connectivity index (χ1v) is 31.9. The Hall–Kier alpha value is -7.79. The molecule has 1 saturated carbocycles. The van der Waals surface area contributed by atoms with E-state index in [9.17, 15) is 14.4 Å². The molecule has 3 atom stereocenters. The third-order valence-electron chi connectivity index (χ3n) is 16.9. The molecule has 0 bridgehead atoms. The maximum Gasteiger partial charge on any atom is 0.246 e. The van der Waals surface area contributed by atoms with E-state index in [1.807, 2.05) is 115 Å². The Morgan fingerprint density at radius 2 is 0.787 bits per heavy atom. The van der Waals surface area contributed by atoms with Gasteiger partial charge in [-0.05, 0) is 112 Å². The standard InChI is InChI=1S/C24H26Cl2N6O.C22H24Cl2N6O.C19H17Cl2N5O.3CH4/c1-30(17-8-9-17)11-2-3-19(33)31-12-10-18(13-31)32-22(26)20(15-4-6-16(25)7-5-15)21-23(27)28-14-29-24(21)32;1-28(2)10-3-4-17(31)29-11-9-16(12-29)30-20(24)18(14-5-7-15(23)8-6-14)19-21(25)26-13-27-22(19)30;1-2-14(27)25-8-7-13(9-25)26-17(21)15(11-3-5-12(20)6-4-11)16-18(22)23-10-24-19(16)26;;;/h2-7,14,17-18H,8-13H2,1H3,(H2,27,28,29);3-8,13,16H,9-12H2,1-2H3,(H2,25,26,27);2-6,10,13H,1,7-9H2,(H2,22,23,24);3*1H4/b3-2+;4-3+;;;;/t18-;16-;13-;;;/m111.../s1. The van der Waals surface area contributed by atoms with Gasteiger partial charge in [-0.25, -0.2) is 29.9 Å². The second-order valence-corrected chi connectivity index (χ2v) is 25.5. The number of hydrogen-bond donors (Lipinski definition) is 3. The minimum absolute atomic E-state index is 0. The van der Waals surface area contributed by atoms with Gasteiger partial charge in [0, 0.05) is 102 Å². The van der Waals surface area contributed by atoms with Gasteiger partial charge in [-0.3, -0.25) is 19.3 Å². The number of carbonyl (C=O) groups excluding carboxylic acids is 3. The third kappa shape index (κ3) is 15.1. The van der Waals surface area contributed by atoms with Crippen molar-refractivity contribution >= 4 is 138 Å². The van der Waals surface area contributed by atoms with E-state index >= 15 is 0 Å². The van der Waals surface area contributed by atoms with Crippen molar-refractivity contribution < 1.29 is 14.4 Å². The Morgan fingerprint density at radius 3 is 1.09 bits per heavy atom. The lowest BCUT2D eigenvalue weighted by molar-refractivity contribution is -0.125. The van der Waals surface area contributed by atoms with Crippen LogP contribution in [0.1, 0.15) is 72.5 Å². The van der Waals surface area contributed by atoms with Crippen molar-refractivity contribution in [1.29, 1.82) is 0 Å². The Morgan fingerprint density at radius 1 is 0.479 bits per heavy atom. The van der Waals surface area contributed by atoms with Gasteiger partial charge < -0.3 is 50.5 Å². The number of carbonyl (C=O) groups is 3. The molecule has 3 saturated heterocycles. The summed E-state index contributed by atoms with van der Waals surface area (Å²) in [4.78, 5) is 73.0. The van der Waals surface area contributed by atoms with Crippen LogP contribution in [0.15, 0.2) is 129 Å². The number of nitrogens with two attached hydrogens (primary N) is 3. The topological polar surface area (TPSA) is 238 Å². The lowest BCUT2D eigenvalue weighted by Gasteiger charge is -2.17. The van der Waals surface area contributed by atoms with E-state index in [4.69, 9.17) is 86.8 Å². The van der Waals surface area contributed by atoms with Crippen molar-refractivity contribution in [2.45, 2.75) is 78.6 Å². The number of nitrogens with zero attached hydrogens (tertiary/aromatic N) is 14. The van der Waals surface area contributed by atoms with Crippen LogP contribution in [-0.2, 0) is 14.4 Å². The zero-order valence-electron chi connectivity index (χ0n) is 50.2. The van der Waals surface area contributed by atoms with Crippen molar-refractivity contribution in [2.75, 3.05) is 90.7 Å². The van der Waals surface area contributed by atoms with Crippen LogP contribution < -0.4 is 17.2 Å². The van der Waals surface area contributed by atoms with Crippen LogP contribution in [-0.4, -0.2) is 165 Å². The summed E-state index contributed by atoms with van der Waals surface area (Å²) in [7, 11) is 6.03. The fourth-order valence-electron chi connectivity index (χ4n) is 12.2. The van der Waals surface area contributed by atoms with Gasteiger partial charge in [0.15, 0.2) is 0 Å². The van der Waals surface area contributed by atoms with Crippen LogP contribution in [0.3, 0.4) is 0 Å². The fraction of sp³-hybridized carbons (Fsp3) is 0.338. The molecule has 496 valence electrons. The van der Waals surface area contributed by atoms with Gasteiger partial charge in [0.1, 0.15) is 68.8 Å². The Bertz CT molecular complexity index is 4260. The summed E-state index contributed by atoms with van der Waals surface area (Å²) in [6, 6.07) is 22.9. The Kier molecular flexibility index (Phi) is 23.9. The van der Waals surface area contributed by atoms with E-state index in [-0.39, 0.29) is 58.1 Å². The maximum absolute atomic E-state index is 12.8. The predicted molar refractivity (Wildman–Crippen MR) is 386 cm³/mol. The molecular weight excluding hydrogens is 1320 g/mol. The highest BCUT2D eigenvalue weighted by molar-refractivity contribution is 6.37. The smallest absolute Gasteiger partial charge is 0.246 e. The number of halogens is 6. The molecular formula is C68H79Cl6N17O3. The molecule has 6 N–H and O–H groups in total. The van der Waals surface area contributed by atoms with Crippen molar-refractivity contribution in [3.63, 3.8) is 0 Å². The molecule has 20 nitrogen and oxygen atoms in total. The molecule has 9 heterocycles. The molecule has 3 amide bonds. The lowest BCUT2D eigenvalue weighted by atomic mass is 10.1. The van der Waals surface area contributed by atoms with E-state index in [1.54, 1.807) is 29.2 Å². The van der Waals surface area contributed by atoms with Gasteiger partial charge in [0.2, 0.25) is 17.7 Å². The molecule has 9 aromatic rings. The van der Waals surface area contributed by atoms with Crippen LogP contribution in [0, 0.1) is 0 Å². The molecule has 0 radical (unpaired) electrons. The normalized spacial score (nSPS) is 17.0. The Balaban J connectivity index is 0.000000179. The first-order chi connectivity index (χ1) is 43.8. The van der Waals surface area contributed by atoms with Gasteiger partial charge in [-0.15, -0.1) is 0 Å². The van der Waals surface area contributed by atoms with Crippen molar-refractivity contribution in [3.8, 4) is 33.4 Å². The van der Waals surface area contributed by atoms with Crippen LogP contribution in [0.2, 0.25) is 30.5 Å². The Labute approximate surface area is 578 Å². The maximum atomic E-state index is 12.8. The number of hydrogen-bond acceptors (Lipinski definition) is 14. The number of fused-ring (bicyclic) bond motifs is 3. The highest BCUT2D eigenvalue weighted by Crippen LogP contribution is 2.46. The first-order valence-electron chi connectivity index (χ1n) is 29.7. The van der Waals surface area contributed by atoms with Gasteiger partial charge in [0.05, 0.1) is 34.3 Å². The SMILES string of the molecule is C.C.C.C=CC(=O)N1CC[C@@H](n2c(Cl)c(-c3ccc(Cl)cc3)c3c(N)ncnc32)C1.CN(C)C/C=C/C(=O)N1CC[C@@H](n2c(Cl)c(-c3ccc(Cl)cc3)c3c(N)ncnc32)C1.CN(C/C=C/C(=O)N1CC[C@@H](n2c(Cl)c(-c3ccc(Cl)cc3)c3c(N)ncnc32)C1)C1CC1. The number of anilines is 3. The highest BCUT2D eigenvalue weighted by atomic mass is 35.5. The summed E-state index contributed by atoms with van der Waals surface area (Å²) < 4.78 is 5.93. The molecule has 94 heavy (non-hydrogen) atoms. The average molecular weight is 1400 g/mol. The summed E-state index contributed by atoms with van der Waals surface area (Å²) in [6.45, 7) is 8.70. The molecule has 1 aliphatic carbocycles. The average Bonchev–Trinajstić information content (AvgIpc) is 1.61. The molecule has 4 aliphatic rings. The molecule has 6 aromatic heterocycles. The summed E-state index contributed by atoms with van der Waals surface area (Å²) in [5.74, 6) is 1.05. The monoisotopic (exact) mass is 1390 g/mol. The minimum atomic E-state index is -0.0860. The van der Waals surface area contributed by atoms with Crippen molar-refractivity contribution in [1.82, 2.24) is 68.1 Å². The van der Waals surface area contributed by atoms with E-state index in [2.05, 4.69) is 48.4 Å². The fourth-order valence-corrected chi connectivity index (χ4v) is 13.8. The van der Waals surface area contributed by atoms with Crippen molar-refractivity contribution in [2.24, 2.45) is 0 Å². The molecule has 13 rings (SSSR count). The summed E-state index contributed by atoms with van der Waals surface area (Å²) >= 11 is 38.8. The number of rotatable bonds is 14. The molecule has 3 aromatic carbocycles. The second kappa shape index (κ2) is 31.2. The van der Waals surface area contributed by atoms with E-state index in [1.165, 1.54) is 37.9 Å². The van der Waals surface area contributed by atoms with Gasteiger partial charge in [0.25, 0.3) is 0 Å². The van der Waals surface area contributed by atoms with Gasteiger partial charge >= 0.3 is 0 Å². The molecule has 0 spiro atoms. The third-order valence-corrected chi connectivity index (χ3v) is 18.8. The lowest BCUT2D eigenvalue weighted by Crippen LogP contribution is -2.28. The van der Waals surface area contributed by atoms with Crippen LogP contribution >= 0.6 is 69.6 Å². The molecule has 4 fully saturated rings. The second-order valence-electron chi connectivity index (χ2n) is 23.1. The zero-order chi connectivity index (χ0) is 64.4. The van der Waals surface area contributed by atoms with Crippen molar-refractivity contribution in [3.05, 3.63) is 159 Å². The van der Waals surface area contributed by atoms with E-state index in [0.29, 0.717) is 121 Å². The predicted octanol–water partition coefficient (Wildman–Crippen LogP) is 14.1. The molecule has 26 heteroatoms. The number of amides is 3. The van der Waals surface area contributed by atoms with E-state index < -0.39 is 0 Å². The summed E-state index contributed by atoms with van der Waals surface area (Å²) in [6.07, 6.45) is 17.7. The molecule has 3 aliphatic heterocycles. The number of aromatic nitrogens is 9. The number of nitrogen functional groups attached to an aromatic ring is 3. The van der Waals surface area contributed by atoms with Gasteiger partial charge in [-0.1, -0.05) is 147 Å². The van der Waals surface area contributed by atoms with Crippen LogP contribution in [0.4, 0.5) is 17.5 Å². The largest absolute Gasteiger partial charge is 0.383 e. The number of likely N-dealkylation sites (N-methyl/N-ethyl adjacent to an activating group) is 2. The van der Waals surface area contributed by atoms with Crippen LogP contribution in [0.25, 0.3) is 66.5 Å². The summed E-state index contributed by atoms with van der Waals surface area (Å²) in [5, 5.41) is 5.66. The van der Waals surface area contributed by atoms with Gasteiger partial charge in [-0.2, -0.15) is 0 Å². The minimum Gasteiger partial charge on any atom is -0.383 e. The number of likely N-dealkylation sites (tertiary alicyclic amines) is 3. The van der Waals surface area contributed by atoms with Crippen LogP contribution in [0.5, 0.6) is 0 Å². The highest BCUT2D eigenvalue weighted by Gasteiger charge is 2.35.